The highest BCUT2D eigenvalue weighted by molar-refractivity contribution is 7.11. The number of thiazole rings is 1. The summed E-state index contributed by atoms with van der Waals surface area (Å²) in [6, 6.07) is 0.521. The van der Waals surface area contributed by atoms with Crippen LogP contribution in [-0.2, 0) is 0 Å². The Morgan fingerprint density at radius 1 is 1.33 bits per heavy atom. The van der Waals surface area contributed by atoms with Gasteiger partial charge < -0.3 is 9.88 Å². The Morgan fingerprint density at radius 3 is 2.56 bits per heavy atom. The summed E-state index contributed by atoms with van der Waals surface area (Å²) in [6.45, 7) is 8.50. The molecule has 0 bridgehead atoms. The van der Waals surface area contributed by atoms with Gasteiger partial charge >= 0.3 is 0 Å². The van der Waals surface area contributed by atoms with Crippen molar-refractivity contribution in [2.75, 3.05) is 7.05 Å². The summed E-state index contributed by atoms with van der Waals surface area (Å²) in [6.07, 6.45) is 3.81. The molecule has 1 unspecified atom stereocenters. The molecule has 5 heteroatoms. The van der Waals surface area contributed by atoms with Crippen molar-refractivity contribution < 1.29 is 0 Å². The lowest BCUT2D eigenvalue weighted by molar-refractivity contribution is 0.535. The Labute approximate surface area is 112 Å². The molecule has 0 aliphatic heterocycles. The Balaban J connectivity index is 2.42. The Bertz CT molecular complexity index is 507. The predicted octanol–water partition coefficient (Wildman–Crippen LogP) is 2.85. The topological polar surface area (TPSA) is 42.7 Å². The maximum absolute atomic E-state index is 4.65. The number of nitrogens with one attached hydrogen (secondary N) is 1. The predicted molar refractivity (Wildman–Crippen MR) is 75.1 cm³/mol. The Kier molecular flexibility index (Phi) is 3.82. The summed E-state index contributed by atoms with van der Waals surface area (Å²) >= 11 is 1.75. The first kappa shape index (κ1) is 13.2. The van der Waals surface area contributed by atoms with Crippen LogP contribution in [0.4, 0.5) is 0 Å². The van der Waals surface area contributed by atoms with E-state index >= 15 is 0 Å². The van der Waals surface area contributed by atoms with Crippen molar-refractivity contribution in [3.8, 4) is 0 Å². The van der Waals surface area contributed by atoms with E-state index in [4.69, 9.17) is 0 Å². The van der Waals surface area contributed by atoms with Crippen molar-refractivity contribution >= 4 is 11.3 Å². The summed E-state index contributed by atoms with van der Waals surface area (Å²) in [5.41, 5.74) is 2.28. The molecule has 0 aliphatic rings. The highest BCUT2D eigenvalue weighted by Crippen LogP contribution is 2.28. The first-order valence-electron chi connectivity index (χ1n) is 6.17. The van der Waals surface area contributed by atoms with Crippen LogP contribution >= 0.6 is 11.3 Å². The second-order valence-electron chi connectivity index (χ2n) is 4.73. The third-order valence-electron chi connectivity index (χ3n) is 3.13. The molecule has 0 amide bonds. The molecule has 0 aromatic carbocycles. The number of hydrogen-bond donors (Lipinski definition) is 1. The van der Waals surface area contributed by atoms with Gasteiger partial charge in [-0.05, 0) is 34.7 Å². The van der Waals surface area contributed by atoms with E-state index in [2.05, 4.69) is 47.5 Å². The Hall–Kier alpha value is -1.20. The molecule has 4 nitrogen and oxygen atoms in total. The second-order valence-corrected chi connectivity index (χ2v) is 5.97. The van der Waals surface area contributed by atoms with Gasteiger partial charge in [-0.25, -0.2) is 9.97 Å². The summed E-state index contributed by atoms with van der Waals surface area (Å²) in [5.74, 6) is 0. The number of aromatic nitrogens is 3. The largest absolute Gasteiger partial charge is 0.330 e. The van der Waals surface area contributed by atoms with Crippen LogP contribution in [0.25, 0.3) is 0 Å². The van der Waals surface area contributed by atoms with Crippen LogP contribution < -0.4 is 5.32 Å². The molecule has 0 saturated heterocycles. The first-order valence-corrected chi connectivity index (χ1v) is 6.99. The molecule has 0 spiro atoms. The molecule has 18 heavy (non-hydrogen) atoms. The fraction of sp³-hybridized carbons (Fsp3) is 0.538. The molecule has 2 aromatic rings. The van der Waals surface area contributed by atoms with Crippen LogP contribution in [0.5, 0.6) is 0 Å². The smallest absolute Gasteiger partial charge is 0.116 e. The monoisotopic (exact) mass is 264 g/mol. The Morgan fingerprint density at radius 2 is 2.06 bits per heavy atom. The minimum Gasteiger partial charge on any atom is -0.330 e. The van der Waals surface area contributed by atoms with Gasteiger partial charge in [0.05, 0.1) is 23.9 Å². The lowest BCUT2D eigenvalue weighted by Crippen LogP contribution is -2.21. The van der Waals surface area contributed by atoms with Gasteiger partial charge in [0.2, 0.25) is 0 Å². The van der Waals surface area contributed by atoms with E-state index in [9.17, 15) is 0 Å². The highest BCUT2D eigenvalue weighted by atomic mass is 32.1. The fourth-order valence-corrected chi connectivity index (χ4v) is 3.03. The highest BCUT2D eigenvalue weighted by Gasteiger charge is 2.21. The van der Waals surface area contributed by atoms with Gasteiger partial charge in [0.1, 0.15) is 11.0 Å². The van der Waals surface area contributed by atoms with Crippen molar-refractivity contribution in [3.63, 3.8) is 0 Å². The van der Waals surface area contributed by atoms with Gasteiger partial charge in [-0.15, -0.1) is 11.3 Å². The van der Waals surface area contributed by atoms with E-state index in [1.165, 1.54) is 10.6 Å². The van der Waals surface area contributed by atoms with Crippen molar-refractivity contribution in [2.24, 2.45) is 0 Å². The molecule has 2 rings (SSSR count). The lowest BCUT2D eigenvalue weighted by Gasteiger charge is -2.18. The molecule has 0 saturated carbocycles. The van der Waals surface area contributed by atoms with Crippen LogP contribution in [0.15, 0.2) is 12.5 Å². The molecule has 0 fully saturated rings. The maximum Gasteiger partial charge on any atom is 0.116 e. The second kappa shape index (κ2) is 5.20. The zero-order valence-electron chi connectivity index (χ0n) is 11.6. The molecule has 0 radical (unpaired) electrons. The number of hydrogen-bond acceptors (Lipinski definition) is 4. The number of nitrogens with zero attached hydrogens (tertiary/aromatic N) is 3. The SMILES string of the molecule is CNC(c1nc(C)c(C)s1)c1cncn1C(C)C. The third kappa shape index (κ3) is 2.33. The maximum atomic E-state index is 4.65. The number of rotatable bonds is 4. The average Bonchev–Trinajstić information content (AvgIpc) is 2.89. The molecular weight excluding hydrogens is 244 g/mol. The minimum absolute atomic E-state index is 0.118. The van der Waals surface area contributed by atoms with Crippen LogP contribution in [-0.4, -0.2) is 21.6 Å². The van der Waals surface area contributed by atoms with Crippen molar-refractivity contribution in [2.45, 2.75) is 39.8 Å². The van der Waals surface area contributed by atoms with Gasteiger partial charge in [0.25, 0.3) is 0 Å². The van der Waals surface area contributed by atoms with Gasteiger partial charge in [-0.2, -0.15) is 0 Å². The fourth-order valence-electron chi connectivity index (χ4n) is 1.99. The first-order chi connectivity index (χ1) is 8.54. The zero-order valence-corrected chi connectivity index (χ0v) is 12.4. The average molecular weight is 264 g/mol. The van der Waals surface area contributed by atoms with Crippen LogP contribution in [0.1, 0.15) is 47.2 Å². The third-order valence-corrected chi connectivity index (χ3v) is 4.27. The molecule has 2 aromatic heterocycles. The lowest BCUT2D eigenvalue weighted by atomic mass is 10.2. The molecule has 98 valence electrons. The summed E-state index contributed by atoms with van der Waals surface area (Å²) in [5, 5.41) is 4.45. The van der Waals surface area contributed by atoms with Crippen molar-refractivity contribution in [1.82, 2.24) is 19.9 Å². The van der Waals surface area contributed by atoms with E-state index in [1.54, 1.807) is 11.3 Å². The van der Waals surface area contributed by atoms with E-state index in [-0.39, 0.29) is 6.04 Å². The van der Waals surface area contributed by atoms with E-state index in [0.717, 1.165) is 10.7 Å². The van der Waals surface area contributed by atoms with E-state index in [0.29, 0.717) is 6.04 Å². The van der Waals surface area contributed by atoms with Crippen LogP contribution in [0.2, 0.25) is 0 Å². The molecule has 1 N–H and O–H groups in total. The van der Waals surface area contributed by atoms with E-state index in [1.807, 2.05) is 19.6 Å². The summed E-state index contributed by atoms with van der Waals surface area (Å²) < 4.78 is 2.19. The van der Waals surface area contributed by atoms with Gasteiger partial charge in [0.15, 0.2) is 0 Å². The summed E-state index contributed by atoms with van der Waals surface area (Å²) in [7, 11) is 1.97. The van der Waals surface area contributed by atoms with Crippen molar-refractivity contribution in [1.29, 1.82) is 0 Å². The minimum atomic E-state index is 0.118. The van der Waals surface area contributed by atoms with Crippen molar-refractivity contribution in [3.05, 3.63) is 33.8 Å². The number of aryl methyl sites for hydroxylation is 2. The normalized spacial score (nSPS) is 13.2. The number of imidazole rings is 1. The molecule has 2 heterocycles. The zero-order chi connectivity index (χ0) is 13.3. The molecule has 1 atom stereocenters. The van der Waals surface area contributed by atoms with E-state index < -0.39 is 0 Å². The van der Waals surface area contributed by atoms with Gasteiger partial charge in [-0.1, -0.05) is 0 Å². The standard InChI is InChI=1S/C13H20N4S/c1-8(2)17-7-15-6-11(17)12(14-5)13-16-9(3)10(4)18-13/h6-8,12,14H,1-5H3. The van der Waals surface area contributed by atoms with Gasteiger partial charge in [-0.3, -0.25) is 0 Å². The molecule has 0 aliphatic carbocycles. The summed E-state index contributed by atoms with van der Waals surface area (Å²) in [4.78, 5) is 10.2. The van der Waals surface area contributed by atoms with Gasteiger partial charge in [0, 0.05) is 10.9 Å². The molecular formula is C13H20N4S. The van der Waals surface area contributed by atoms with Crippen LogP contribution in [0.3, 0.4) is 0 Å². The van der Waals surface area contributed by atoms with Crippen LogP contribution in [0, 0.1) is 13.8 Å². The quantitative estimate of drug-likeness (QED) is 0.923.